The first-order valence-corrected chi connectivity index (χ1v) is 6.68. The lowest BCUT2D eigenvalue weighted by Gasteiger charge is -2.12. The fraction of sp³-hybridized carbons (Fsp3) is 0.312. The Kier molecular flexibility index (Phi) is 4.82. The number of aromatic hydroxyl groups is 1. The third-order valence-corrected chi connectivity index (χ3v) is 2.98. The number of hydrogen-bond donors (Lipinski definition) is 1. The number of ether oxygens (including phenoxy) is 2. The van der Waals surface area contributed by atoms with E-state index in [4.69, 9.17) is 9.47 Å². The molecule has 0 amide bonds. The van der Waals surface area contributed by atoms with E-state index in [1.165, 1.54) is 11.6 Å². The molecule has 0 atom stereocenters. The van der Waals surface area contributed by atoms with E-state index < -0.39 is 5.97 Å². The Labute approximate surface area is 118 Å². The maximum atomic E-state index is 11.5. The van der Waals surface area contributed by atoms with Crippen molar-refractivity contribution in [3.05, 3.63) is 47.6 Å². The molecule has 0 unspecified atom stereocenters. The number of benzene rings is 1. The predicted molar refractivity (Wildman–Crippen MR) is 76.0 cm³/mol. The number of rotatable bonds is 5. The summed E-state index contributed by atoms with van der Waals surface area (Å²) in [7, 11) is 0. The van der Waals surface area contributed by atoms with E-state index in [1.807, 2.05) is 12.2 Å². The largest absolute Gasteiger partial charge is 0.504 e. The van der Waals surface area contributed by atoms with Gasteiger partial charge in [-0.2, -0.15) is 0 Å². The molecular weight excluding hydrogens is 256 g/mol. The lowest BCUT2D eigenvalue weighted by molar-refractivity contribution is 0.0526. The SMILES string of the molecule is CCOC(=O)c1ccc(OCC2=CC=CCC2)c(O)c1. The Morgan fingerprint density at radius 1 is 1.40 bits per heavy atom. The van der Waals surface area contributed by atoms with Crippen LogP contribution in [0, 0.1) is 0 Å². The molecule has 0 spiro atoms. The number of esters is 1. The zero-order valence-electron chi connectivity index (χ0n) is 11.5. The molecule has 20 heavy (non-hydrogen) atoms. The first-order chi connectivity index (χ1) is 9.70. The van der Waals surface area contributed by atoms with Crippen molar-refractivity contribution in [1.82, 2.24) is 0 Å². The van der Waals surface area contributed by atoms with Gasteiger partial charge in [0.2, 0.25) is 0 Å². The minimum absolute atomic E-state index is 0.0532. The summed E-state index contributed by atoms with van der Waals surface area (Å²) >= 11 is 0. The van der Waals surface area contributed by atoms with Crippen LogP contribution in [0.4, 0.5) is 0 Å². The zero-order valence-corrected chi connectivity index (χ0v) is 11.5. The molecule has 0 aromatic heterocycles. The van der Waals surface area contributed by atoms with Crippen molar-refractivity contribution in [3.63, 3.8) is 0 Å². The third kappa shape index (κ3) is 3.63. The highest BCUT2D eigenvalue weighted by Crippen LogP contribution is 2.28. The Morgan fingerprint density at radius 3 is 2.90 bits per heavy atom. The van der Waals surface area contributed by atoms with Crippen LogP contribution in [0.25, 0.3) is 0 Å². The molecule has 1 aliphatic rings. The highest BCUT2D eigenvalue weighted by Gasteiger charge is 2.11. The maximum absolute atomic E-state index is 11.5. The molecule has 4 nitrogen and oxygen atoms in total. The average Bonchev–Trinajstić information content (AvgIpc) is 2.47. The number of hydrogen-bond acceptors (Lipinski definition) is 4. The minimum Gasteiger partial charge on any atom is -0.504 e. The van der Waals surface area contributed by atoms with Gasteiger partial charge in [0, 0.05) is 0 Å². The minimum atomic E-state index is -0.450. The second-order valence-electron chi connectivity index (χ2n) is 4.48. The maximum Gasteiger partial charge on any atom is 0.338 e. The van der Waals surface area contributed by atoms with Crippen molar-refractivity contribution in [1.29, 1.82) is 0 Å². The van der Waals surface area contributed by atoms with Crippen molar-refractivity contribution in [2.45, 2.75) is 19.8 Å². The molecule has 0 bridgehead atoms. The molecule has 1 aromatic carbocycles. The van der Waals surface area contributed by atoms with Crippen LogP contribution in [-0.4, -0.2) is 24.3 Å². The van der Waals surface area contributed by atoms with Crippen molar-refractivity contribution < 1.29 is 19.4 Å². The molecular formula is C16H18O4. The normalized spacial score (nSPS) is 13.8. The fourth-order valence-electron chi connectivity index (χ4n) is 1.92. The molecule has 106 valence electrons. The number of phenols is 1. The van der Waals surface area contributed by atoms with Crippen molar-refractivity contribution >= 4 is 5.97 Å². The summed E-state index contributed by atoms with van der Waals surface area (Å²) < 4.78 is 10.4. The van der Waals surface area contributed by atoms with Crippen LogP contribution >= 0.6 is 0 Å². The van der Waals surface area contributed by atoms with Gasteiger partial charge in [-0.25, -0.2) is 4.79 Å². The summed E-state index contributed by atoms with van der Waals surface area (Å²) in [5, 5.41) is 9.87. The summed E-state index contributed by atoms with van der Waals surface area (Å²) in [5.41, 5.74) is 1.50. The first kappa shape index (κ1) is 14.2. The number of phenolic OH excluding ortho intramolecular Hbond substituents is 1. The number of carbonyl (C=O) groups is 1. The Hall–Kier alpha value is -2.23. The van der Waals surface area contributed by atoms with Crippen LogP contribution < -0.4 is 4.74 Å². The molecule has 1 aliphatic carbocycles. The van der Waals surface area contributed by atoms with Gasteiger partial charge in [-0.1, -0.05) is 18.2 Å². The van der Waals surface area contributed by atoms with Crippen LogP contribution in [0.15, 0.2) is 42.0 Å². The van der Waals surface area contributed by atoms with E-state index in [2.05, 4.69) is 6.08 Å². The smallest absolute Gasteiger partial charge is 0.338 e. The summed E-state index contributed by atoms with van der Waals surface area (Å²) in [4.78, 5) is 11.5. The molecule has 4 heteroatoms. The molecule has 0 radical (unpaired) electrons. The fourth-order valence-corrected chi connectivity index (χ4v) is 1.92. The Bertz CT molecular complexity index is 543. The van der Waals surface area contributed by atoms with Crippen molar-refractivity contribution in [2.24, 2.45) is 0 Å². The first-order valence-electron chi connectivity index (χ1n) is 6.68. The van der Waals surface area contributed by atoms with E-state index in [9.17, 15) is 9.90 Å². The zero-order chi connectivity index (χ0) is 14.4. The highest BCUT2D eigenvalue weighted by molar-refractivity contribution is 5.90. The lowest BCUT2D eigenvalue weighted by atomic mass is 10.1. The summed E-state index contributed by atoms with van der Waals surface area (Å²) in [6.45, 7) is 2.48. The summed E-state index contributed by atoms with van der Waals surface area (Å²) in [6.07, 6.45) is 8.12. The van der Waals surface area contributed by atoms with Gasteiger partial charge in [0.1, 0.15) is 6.61 Å². The molecule has 0 saturated heterocycles. The van der Waals surface area contributed by atoms with E-state index >= 15 is 0 Å². The second-order valence-corrected chi connectivity index (χ2v) is 4.48. The number of carbonyl (C=O) groups excluding carboxylic acids is 1. The predicted octanol–water partition coefficient (Wildman–Crippen LogP) is 3.22. The van der Waals surface area contributed by atoms with Crippen LogP contribution in [0.3, 0.4) is 0 Å². The number of allylic oxidation sites excluding steroid dienone is 3. The summed E-state index contributed by atoms with van der Waals surface area (Å²) in [5.74, 6) is -0.134. The highest BCUT2D eigenvalue weighted by atomic mass is 16.5. The van der Waals surface area contributed by atoms with E-state index in [0.717, 1.165) is 12.8 Å². The van der Waals surface area contributed by atoms with Gasteiger partial charge in [-0.05, 0) is 43.5 Å². The second kappa shape index (κ2) is 6.80. The molecule has 0 saturated carbocycles. The van der Waals surface area contributed by atoms with Gasteiger partial charge >= 0.3 is 5.97 Å². The monoisotopic (exact) mass is 274 g/mol. The molecule has 2 rings (SSSR count). The van der Waals surface area contributed by atoms with Crippen molar-refractivity contribution in [2.75, 3.05) is 13.2 Å². The molecule has 1 N–H and O–H groups in total. The topological polar surface area (TPSA) is 55.8 Å². The molecule has 1 aromatic rings. The van der Waals surface area contributed by atoms with Gasteiger partial charge in [0.25, 0.3) is 0 Å². The molecule has 0 heterocycles. The third-order valence-electron chi connectivity index (χ3n) is 2.98. The van der Waals surface area contributed by atoms with E-state index in [0.29, 0.717) is 24.5 Å². The van der Waals surface area contributed by atoms with Crippen LogP contribution in [-0.2, 0) is 4.74 Å². The van der Waals surface area contributed by atoms with Crippen molar-refractivity contribution in [3.8, 4) is 11.5 Å². The van der Waals surface area contributed by atoms with Crippen LogP contribution in [0.2, 0.25) is 0 Å². The van der Waals surface area contributed by atoms with Gasteiger partial charge in [0.05, 0.1) is 12.2 Å². The summed E-state index contributed by atoms with van der Waals surface area (Å²) in [6, 6.07) is 4.53. The Balaban J connectivity index is 2.00. The molecule has 0 fully saturated rings. The average molecular weight is 274 g/mol. The van der Waals surface area contributed by atoms with Crippen LogP contribution in [0.1, 0.15) is 30.1 Å². The van der Waals surface area contributed by atoms with Crippen LogP contribution in [0.5, 0.6) is 11.5 Å². The lowest BCUT2D eigenvalue weighted by Crippen LogP contribution is -2.06. The van der Waals surface area contributed by atoms with E-state index in [-0.39, 0.29) is 5.75 Å². The van der Waals surface area contributed by atoms with Gasteiger partial charge < -0.3 is 14.6 Å². The standard InChI is InChI=1S/C16H18O4/c1-2-19-16(18)13-8-9-15(14(17)10-13)20-11-12-6-4-3-5-7-12/h3-4,6,8-10,17H,2,5,7,11H2,1H3. The van der Waals surface area contributed by atoms with Gasteiger partial charge in [-0.15, -0.1) is 0 Å². The van der Waals surface area contributed by atoms with E-state index in [1.54, 1.807) is 19.1 Å². The Morgan fingerprint density at radius 2 is 2.25 bits per heavy atom. The van der Waals surface area contributed by atoms with Gasteiger partial charge in [0.15, 0.2) is 11.5 Å². The van der Waals surface area contributed by atoms with Gasteiger partial charge in [-0.3, -0.25) is 0 Å². The molecule has 0 aliphatic heterocycles. The quantitative estimate of drug-likeness (QED) is 0.838.